The van der Waals surface area contributed by atoms with E-state index in [1.54, 1.807) is 4.90 Å². The van der Waals surface area contributed by atoms with Gasteiger partial charge in [-0.05, 0) is 39.9 Å². The van der Waals surface area contributed by atoms with Gasteiger partial charge in [0.15, 0.2) is 0 Å². The lowest BCUT2D eigenvalue weighted by molar-refractivity contribution is 0.117. The molecule has 1 amide bonds. The maximum absolute atomic E-state index is 11.7. The molecule has 0 unspecified atom stereocenters. The molecule has 0 radical (unpaired) electrons. The van der Waals surface area contributed by atoms with E-state index in [1.165, 1.54) is 31.2 Å². The fraction of sp³-hybridized carbons (Fsp3) is 0.789. The van der Waals surface area contributed by atoms with E-state index in [0.717, 1.165) is 44.6 Å². The lowest BCUT2D eigenvalue weighted by atomic mass is 10.0. The SMILES string of the molecule is CCCC.COC(=O)N1CCc2c(c(C)nn2C2CCN(C)CC2)C1. The van der Waals surface area contributed by atoms with Gasteiger partial charge >= 0.3 is 6.09 Å². The van der Waals surface area contributed by atoms with Crippen molar-refractivity contribution in [2.45, 2.75) is 65.5 Å². The van der Waals surface area contributed by atoms with Gasteiger partial charge < -0.3 is 14.5 Å². The quantitative estimate of drug-likeness (QED) is 0.820. The highest BCUT2D eigenvalue weighted by Crippen LogP contribution is 2.29. The van der Waals surface area contributed by atoms with E-state index in [0.29, 0.717) is 12.6 Å². The van der Waals surface area contributed by atoms with E-state index < -0.39 is 0 Å². The minimum atomic E-state index is -0.243. The molecule has 0 atom stereocenters. The van der Waals surface area contributed by atoms with Gasteiger partial charge in [-0.3, -0.25) is 4.68 Å². The summed E-state index contributed by atoms with van der Waals surface area (Å²) in [7, 11) is 3.61. The number of hydrogen-bond acceptors (Lipinski definition) is 4. The molecule has 0 N–H and O–H groups in total. The van der Waals surface area contributed by atoms with Crippen LogP contribution in [0.4, 0.5) is 4.79 Å². The number of ether oxygens (including phenoxy) is 1. The van der Waals surface area contributed by atoms with Crippen molar-refractivity contribution in [3.8, 4) is 0 Å². The van der Waals surface area contributed by atoms with Gasteiger partial charge in [-0.1, -0.05) is 26.7 Å². The average molecular weight is 351 g/mol. The molecule has 1 aromatic heterocycles. The molecule has 0 bridgehead atoms. The predicted molar refractivity (Wildman–Crippen MR) is 99.8 cm³/mol. The smallest absolute Gasteiger partial charge is 0.409 e. The summed E-state index contributed by atoms with van der Waals surface area (Å²) >= 11 is 0. The van der Waals surface area contributed by atoms with Crippen LogP contribution in [0.25, 0.3) is 0 Å². The number of carbonyl (C=O) groups excluding carboxylic acids is 1. The summed E-state index contributed by atoms with van der Waals surface area (Å²) in [6.45, 7) is 10.0. The minimum Gasteiger partial charge on any atom is -0.453 e. The van der Waals surface area contributed by atoms with Gasteiger partial charge in [-0.25, -0.2) is 4.79 Å². The molecule has 1 fully saturated rings. The maximum Gasteiger partial charge on any atom is 0.409 e. The normalized spacial score (nSPS) is 18.4. The molecule has 3 heterocycles. The topological polar surface area (TPSA) is 50.6 Å². The predicted octanol–water partition coefficient (Wildman–Crippen LogP) is 3.39. The zero-order valence-electron chi connectivity index (χ0n) is 16.5. The van der Waals surface area contributed by atoms with Crippen molar-refractivity contribution < 1.29 is 9.53 Å². The second-order valence-electron chi connectivity index (χ2n) is 7.13. The Labute approximate surface area is 152 Å². The van der Waals surface area contributed by atoms with Crippen LogP contribution in [-0.2, 0) is 17.7 Å². The molecule has 25 heavy (non-hydrogen) atoms. The molecule has 6 heteroatoms. The number of likely N-dealkylation sites (tertiary alicyclic amines) is 1. The lowest BCUT2D eigenvalue weighted by Gasteiger charge is -2.32. The molecular formula is C19H34N4O2. The zero-order valence-corrected chi connectivity index (χ0v) is 16.5. The number of nitrogens with zero attached hydrogens (tertiary/aromatic N) is 4. The summed E-state index contributed by atoms with van der Waals surface area (Å²) in [4.78, 5) is 15.8. The third-order valence-corrected chi connectivity index (χ3v) is 5.25. The average Bonchev–Trinajstić information content (AvgIpc) is 2.98. The molecule has 0 aliphatic carbocycles. The second-order valence-corrected chi connectivity index (χ2v) is 7.13. The number of piperidine rings is 1. The number of carbonyl (C=O) groups is 1. The number of rotatable bonds is 2. The third-order valence-electron chi connectivity index (χ3n) is 5.25. The number of aryl methyl sites for hydroxylation is 1. The Hall–Kier alpha value is -1.56. The van der Waals surface area contributed by atoms with Crippen molar-refractivity contribution in [3.63, 3.8) is 0 Å². The zero-order chi connectivity index (χ0) is 18.4. The van der Waals surface area contributed by atoms with Crippen LogP contribution in [0.2, 0.25) is 0 Å². The van der Waals surface area contributed by atoms with Crippen molar-refractivity contribution in [2.24, 2.45) is 0 Å². The van der Waals surface area contributed by atoms with E-state index in [2.05, 4.69) is 30.5 Å². The van der Waals surface area contributed by atoms with E-state index in [9.17, 15) is 4.79 Å². The van der Waals surface area contributed by atoms with Gasteiger partial charge in [0.25, 0.3) is 0 Å². The monoisotopic (exact) mass is 350 g/mol. The summed E-state index contributed by atoms with van der Waals surface area (Å²) in [5.74, 6) is 0. The summed E-state index contributed by atoms with van der Waals surface area (Å²) < 4.78 is 7.08. The van der Waals surface area contributed by atoms with Crippen LogP contribution in [0.15, 0.2) is 0 Å². The molecule has 142 valence electrons. The van der Waals surface area contributed by atoms with E-state index in [4.69, 9.17) is 9.84 Å². The number of methoxy groups -OCH3 is 1. The highest BCUT2D eigenvalue weighted by atomic mass is 16.5. The van der Waals surface area contributed by atoms with Gasteiger partial charge in [-0.2, -0.15) is 5.10 Å². The fourth-order valence-corrected chi connectivity index (χ4v) is 3.44. The Bertz CT molecular complexity index is 560. The Morgan fingerprint density at radius 3 is 2.40 bits per heavy atom. The van der Waals surface area contributed by atoms with E-state index in [-0.39, 0.29) is 6.09 Å². The largest absolute Gasteiger partial charge is 0.453 e. The molecule has 2 aliphatic heterocycles. The van der Waals surface area contributed by atoms with Crippen molar-refractivity contribution in [1.29, 1.82) is 0 Å². The first-order valence-electron chi connectivity index (χ1n) is 9.60. The Kier molecular flexibility index (Phi) is 7.29. The standard InChI is InChI=1S/C15H24N4O2.C4H10/c1-11-13-10-18(15(20)21-3)9-6-14(13)19(16-11)12-4-7-17(2)8-5-12;1-3-4-2/h12H,4-10H2,1-3H3;3-4H2,1-2H3. The van der Waals surface area contributed by atoms with Crippen LogP contribution in [0.3, 0.4) is 0 Å². The lowest BCUT2D eigenvalue weighted by Crippen LogP contribution is -2.37. The first-order valence-corrected chi connectivity index (χ1v) is 9.60. The summed E-state index contributed by atoms with van der Waals surface area (Å²) in [6.07, 6.45) is 5.58. The Morgan fingerprint density at radius 2 is 1.84 bits per heavy atom. The van der Waals surface area contributed by atoms with Crippen molar-refractivity contribution >= 4 is 6.09 Å². The van der Waals surface area contributed by atoms with Gasteiger partial charge in [0, 0.05) is 24.2 Å². The molecular weight excluding hydrogens is 316 g/mol. The Morgan fingerprint density at radius 1 is 1.20 bits per heavy atom. The molecule has 3 rings (SSSR count). The number of aromatic nitrogens is 2. The molecule has 0 aromatic carbocycles. The summed E-state index contributed by atoms with van der Waals surface area (Å²) in [5, 5.41) is 4.78. The highest BCUT2D eigenvalue weighted by Gasteiger charge is 2.29. The van der Waals surface area contributed by atoms with Gasteiger partial charge in [0.05, 0.1) is 25.4 Å². The molecule has 2 aliphatic rings. The molecule has 1 saturated heterocycles. The van der Waals surface area contributed by atoms with Crippen LogP contribution in [0.5, 0.6) is 0 Å². The third kappa shape index (κ3) is 4.75. The van der Waals surface area contributed by atoms with Gasteiger partial charge in [-0.15, -0.1) is 0 Å². The number of fused-ring (bicyclic) bond motifs is 1. The minimum absolute atomic E-state index is 0.243. The summed E-state index contributed by atoms with van der Waals surface area (Å²) in [6, 6.07) is 0.508. The van der Waals surface area contributed by atoms with Crippen LogP contribution in [0.1, 0.15) is 62.5 Å². The van der Waals surface area contributed by atoms with Crippen LogP contribution in [-0.4, -0.2) is 59.5 Å². The maximum atomic E-state index is 11.7. The molecule has 6 nitrogen and oxygen atoms in total. The van der Waals surface area contributed by atoms with E-state index in [1.807, 2.05) is 6.92 Å². The Balaban J connectivity index is 0.000000511. The highest BCUT2D eigenvalue weighted by molar-refractivity contribution is 5.68. The molecule has 0 spiro atoms. The number of unbranched alkanes of at least 4 members (excludes halogenated alkanes) is 1. The first kappa shape index (κ1) is 19.8. The first-order chi connectivity index (χ1) is 12.0. The van der Waals surface area contributed by atoms with Crippen LogP contribution >= 0.6 is 0 Å². The second kappa shape index (κ2) is 9.22. The number of amides is 1. The molecule has 1 aromatic rings. The van der Waals surface area contributed by atoms with Gasteiger partial charge in [0.1, 0.15) is 0 Å². The van der Waals surface area contributed by atoms with Crippen LogP contribution < -0.4 is 0 Å². The van der Waals surface area contributed by atoms with Gasteiger partial charge in [0.2, 0.25) is 0 Å². The summed E-state index contributed by atoms with van der Waals surface area (Å²) in [5.41, 5.74) is 3.59. The van der Waals surface area contributed by atoms with E-state index >= 15 is 0 Å². The van der Waals surface area contributed by atoms with Crippen molar-refractivity contribution in [2.75, 3.05) is 33.8 Å². The number of hydrogen-bond donors (Lipinski definition) is 0. The van der Waals surface area contributed by atoms with Crippen LogP contribution in [0, 0.1) is 6.92 Å². The van der Waals surface area contributed by atoms with Crippen molar-refractivity contribution in [1.82, 2.24) is 19.6 Å². The van der Waals surface area contributed by atoms with Crippen molar-refractivity contribution in [3.05, 3.63) is 17.0 Å². The molecule has 0 saturated carbocycles. The fourth-order valence-electron chi connectivity index (χ4n) is 3.44.